The highest BCUT2D eigenvalue weighted by molar-refractivity contribution is 7.10. The fourth-order valence-corrected chi connectivity index (χ4v) is 3.03. The number of hydrogen-bond donors (Lipinski definition) is 2. The zero-order chi connectivity index (χ0) is 20.5. The monoisotopic (exact) mass is 405 g/mol. The lowest BCUT2D eigenvalue weighted by molar-refractivity contribution is -0.117. The minimum atomic E-state index is -0.521. The van der Waals surface area contributed by atoms with Crippen LogP contribution in [-0.4, -0.2) is 25.1 Å². The van der Waals surface area contributed by atoms with E-state index in [0.29, 0.717) is 5.56 Å². The van der Waals surface area contributed by atoms with Crippen LogP contribution in [0.1, 0.15) is 20.8 Å². The number of methoxy groups -OCH3 is 1. The van der Waals surface area contributed by atoms with Gasteiger partial charge in [0.1, 0.15) is 11.4 Å². The van der Waals surface area contributed by atoms with Crippen molar-refractivity contribution < 1.29 is 14.3 Å². The molecule has 2 N–H and O–H groups in total. The van der Waals surface area contributed by atoms with Crippen LogP contribution in [0, 0.1) is 0 Å². The molecule has 0 radical (unpaired) electrons. The van der Waals surface area contributed by atoms with Crippen LogP contribution in [0.5, 0.6) is 5.75 Å². The van der Waals surface area contributed by atoms with Gasteiger partial charge in [0.25, 0.3) is 11.8 Å². The van der Waals surface area contributed by atoms with E-state index in [0.717, 1.165) is 16.2 Å². The van der Waals surface area contributed by atoms with E-state index in [-0.39, 0.29) is 11.6 Å². The molecular weight excluding hydrogens is 386 g/mol. The van der Waals surface area contributed by atoms with Crippen LogP contribution in [0.2, 0.25) is 0 Å². The summed E-state index contributed by atoms with van der Waals surface area (Å²) >= 11 is 1.46. The first-order valence-electron chi connectivity index (χ1n) is 8.75. The Morgan fingerprint density at radius 2 is 1.76 bits per heavy atom. The molecule has 7 heteroatoms. The zero-order valence-electron chi connectivity index (χ0n) is 15.7. The van der Waals surface area contributed by atoms with E-state index >= 15 is 0 Å². The summed E-state index contributed by atoms with van der Waals surface area (Å²) in [5, 5.41) is 8.53. The Morgan fingerprint density at radius 1 is 1.00 bits per heavy atom. The molecule has 1 heterocycles. The van der Waals surface area contributed by atoms with Crippen LogP contribution in [0.4, 0.5) is 0 Å². The van der Waals surface area contributed by atoms with Gasteiger partial charge in [0, 0.05) is 10.4 Å². The zero-order valence-corrected chi connectivity index (χ0v) is 16.5. The highest BCUT2D eigenvalue weighted by atomic mass is 32.1. The number of carbonyl (C=O) groups excluding carboxylic acids is 2. The molecule has 146 valence electrons. The smallest absolute Gasteiger partial charge is 0.287 e. The topological polar surface area (TPSA) is 79.8 Å². The normalized spacial score (nSPS) is 11.3. The quantitative estimate of drug-likeness (QED) is 0.358. The maximum Gasteiger partial charge on any atom is 0.287 e. The molecule has 3 aromatic rings. The van der Waals surface area contributed by atoms with Gasteiger partial charge in [0.05, 0.1) is 13.3 Å². The summed E-state index contributed by atoms with van der Waals surface area (Å²) in [6.07, 6.45) is 3.13. The molecule has 0 fully saturated rings. The van der Waals surface area contributed by atoms with Gasteiger partial charge in [-0.2, -0.15) is 5.10 Å². The maximum absolute atomic E-state index is 12.6. The summed E-state index contributed by atoms with van der Waals surface area (Å²) in [7, 11) is 1.59. The average molecular weight is 405 g/mol. The molecule has 2 aromatic carbocycles. The first-order chi connectivity index (χ1) is 14.2. The Labute approximate surface area is 172 Å². The number of hydrogen-bond acceptors (Lipinski definition) is 5. The summed E-state index contributed by atoms with van der Waals surface area (Å²) < 4.78 is 5.11. The predicted molar refractivity (Wildman–Crippen MR) is 115 cm³/mol. The molecule has 0 saturated carbocycles. The Kier molecular flexibility index (Phi) is 6.91. The highest BCUT2D eigenvalue weighted by Crippen LogP contribution is 2.13. The largest absolute Gasteiger partial charge is 0.497 e. The fraction of sp³-hybridized carbons (Fsp3) is 0.0455. The van der Waals surface area contributed by atoms with E-state index in [2.05, 4.69) is 15.8 Å². The van der Waals surface area contributed by atoms with E-state index < -0.39 is 5.91 Å². The fourth-order valence-electron chi connectivity index (χ4n) is 2.37. The molecule has 0 saturated heterocycles. The molecule has 0 aliphatic heterocycles. The standard InChI is InChI=1S/C22H19N3O3S/c1-28-18-11-9-16(10-12-18)15-23-25-22(27)20(14-19-8-5-13-29-19)24-21(26)17-6-3-2-4-7-17/h2-15H,1H3,(H,24,26)(H,25,27)/b20-14-,23-15-. The minimum Gasteiger partial charge on any atom is -0.497 e. The third-order valence-corrected chi connectivity index (χ3v) is 4.67. The third-order valence-electron chi connectivity index (χ3n) is 3.85. The van der Waals surface area contributed by atoms with Crippen LogP contribution in [0.3, 0.4) is 0 Å². The second-order valence-corrected chi connectivity index (χ2v) is 6.85. The third kappa shape index (κ3) is 5.88. The first-order valence-corrected chi connectivity index (χ1v) is 9.63. The average Bonchev–Trinajstić information content (AvgIpc) is 3.27. The van der Waals surface area contributed by atoms with Gasteiger partial charge in [-0.1, -0.05) is 24.3 Å². The molecule has 0 aliphatic rings. The van der Waals surface area contributed by atoms with Crippen LogP contribution in [-0.2, 0) is 4.79 Å². The molecule has 1 aromatic heterocycles. The number of hydrazone groups is 1. The molecule has 29 heavy (non-hydrogen) atoms. The summed E-state index contributed by atoms with van der Waals surface area (Å²) in [4.78, 5) is 25.9. The van der Waals surface area contributed by atoms with Crippen molar-refractivity contribution in [1.29, 1.82) is 0 Å². The summed E-state index contributed by atoms with van der Waals surface area (Å²) in [6.45, 7) is 0. The first kappa shape index (κ1) is 20.0. The summed E-state index contributed by atoms with van der Waals surface area (Å²) in [5.74, 6) is -0.161. The second kappa shape index (κ2) is 10.0. The van der Waals surface area contributed by atoms with Crippen molar-refractivity contribution in [2.24, 2.45) is 5.10 Å². The van der Waals surface area contributed by atoms with Crippen molar-refractivity contribution in [2.75, 3.05) is 7.11 Å². The van der Waals surface area contributed by atoms with Crippen LogP contribution in [0.15, 0.2) is 82.9 Å². The second-order valence-electron chi connectivity index (χ2n) is 5.87. The van der Waals surface area contributed by atoms with Crippen molar-refractivity contribution >= 4 is 35.4 Å². The van der Waals surface area contributed by atoms with Crippen molar-refractivity contribution in [3.8, 4) is 5.75 Å². The number of nitrogens with one attached hydrogen (secondary N) is 2. The van der Waals surface area contributed by atoms with Gasteiger partial charge in [-0.3, -0.25) is 9.59 Å². The van der Waals surface area contributed by atoms with Crippen LogP contribution in [0.25, 0.3) is 6.08 Å². The molecular formula is C22H19N3O3S. The van der Waals surface area contributed by atoms with Gasteiger partial charge in [0.2, 0.25) is 0 Å². The molecule has 0 spiro atoms. The van der Waals surface area contributed by atoms with Gasteiger partial charge in [-0.05, 0) is 59.5 Å². The van der Waals surface area contributed by atoms with Gasteiger partial charge in [-0.25, -0.2) is 5.43 Å². The Balaban J connectivity index is 1.72. The van der Waals surface area contributed by atoms with Crippen molar-refractivity contribution in [3.63, 3.8) is 0 Å². The number of thiophene rings is 1. The maximum atomic E-state index is 12.6. The number of nitrogens with zero attached hydrogens (tertiary/aromatic N) is 1. The van der Waals surface area contributed by atoms with E-state index in [4.69, 9.17) is 4.74 Å². The van der Waals surface area contributed by atoms with Gasteiger partial charge in [0.15, 0.2) is 0 Å². The van der Waals surface area contributed by atoms with E-state index in [1.807, 2.05) is 35.7 Å². The molecule has 0 unspecified atom stereocenters. The van der Waals surface area contributed by atoms with Crippen molar-refractivity contribution in [3.05, 3.63) is 93.8 Å². The van der Waals surface area contributed by atoms with E-state index in [9.17, 15) is 9.59 Å². The lowest BCUT2D eigenvalue weighted by Crippen LogP contribution is -2.32. The molecule has 0 atom stereocenters. The van der Waals surface area contributed by atoms with Gasteiger partial charge < -0.3 is 10.1 Å². The number of ether oxygens (including phenoxy) is 1. The van der Waals surface area contributed by atoms with Crippen LogP contribution >= 0.6 is 11.3 Å². The molecule has 3 rings (SSSR count). The van der Waals surface area contributed by atoms with E-state index in [1.54, 1.807) is 49.6 Å². The van der Waals surface area contributed by atoms with Gasteiger partial charge in [-0.15, -0.1) is 11.3 Å². The lowest BCUT2D eigenvalue weighted by Gasteiger charge is -2.08. The molecule has 0 aliphatic carbocycles. The van der Waals surface area contributed by atoms with Gasteiger partial charge >= 0.3 is 0 Å². The van der Waals surface area contributed by atoms with Crippen LogP contribution < -0.4 is 15.5 Å². The SMILES string of the molecule is COc1ccc(/C=N\NC(=O)/C(=C/c2cccs2)NC(=O)c2ccccc2)cc1. The Hall–Kier alpha value is -3.71. The number of benzene rings is 2. The molecule has 6 nitrogen and oxygen atoms in total. The highest BCUT2D eigenvalue weighted by Gasteiger charge is 2.14. The summed E-state index contributed by atoms with van der Waals surface area (Å²) in [5.41, 5.74) is 3.81. The molecule has 0 bridgehead atoms. The summed E-state index contributed by atoms with van der Waals surface area (Å²) in [6, 6.07) is 19.6. The minimum absolute atomic E-state index is 0.105. The Bertz CT molecular complexity index is 1010. The predicted octanol–water partition coefficient (Wildman–Crippen LogP) is 3.68. The van der Waals surface area contributed by atoms with E-state index in [1.165, 1.54) is 17.6 Å². The molecule has 2 amide bonds. The number of rotatable bonds is 7. The number of amides is 2. The van der Waals surface area contributed by atoms with Crippen molar-refractivity contribution in [1.82, 2.24) is 10.7 Å². The Morgan fingerprint density at radius 3 is 2.41 bits per heavy atom. The van der Waals surface area contributed by atoms with Crippen molar-refractivity contribution in [2.45, 2.75) is 0 Å². The lowest BCUT2D eigenvalue weighted by atomic mass is 10.2. The number of carbonyl (C=O) groups is 2.